The minimum absolute atomic E-state index is 0.00501. The summed E-state index contributed by atoms with van der Waals surface area (Å²) in [6.07, 6.45) is 7.67. The van der Waals surface area contributed by atoms with Crippen LogP contribution in [0.3, 0.4) is 0 Å². The Morgan fingerprint density at radius 3 is 2.59 bits per heavy atom. The summed E-state index contributed by atoms with van der Waals surface area (Å²) >= 11 is 0. The van der Waals surface area contributed by atoms with Gasteiger partial charge in [-0.15, -0.1) is 0 Å². The van der Waals surface area contributed by atoms with Gasteiger partial charge in [0, 0.05) is 25.2 Å². The fourth-order valence-corrected chi connectivity index (χ4v) is 7.78. The topological polar surface area (TPSA) is 77.5 Å². The van der Waals surface area contributed by atoms with E-state index in [-0.39, 0.29) is 52.2 Å². The molecule has 0 aromatic carbocycles. The van der Waals surface area contributed by atoms with Gasteiger partial charge in [0.05, 0.1) is 11.5 Å². The van der Waals surface area contributed by atoms with Gasteiger partial charge in [-0.2, -0.15) is 0 Å². The molecule has 0 N–H and O–H groups in total. The third-order valence-corrected chi connectivity index (χ3v) is 9.96. The molecule has 5 unspecified atom stereocenters. The van der Waals surface area contributed by atoms with Crippen LogP contribution >= 0.6 is 0 Å². The number of hydrogen-bond donors (Lipinski definition) is 0. The zero-order chi connectivity index (χ0) is 23.1. The van der Waals surface area contributed by atoms with Crippen LogP contribution in [-0.2, 0) is 23.9 Å². The van der Waals surface area contributed by atoms with Crippen molar-refractivity contribution in [2.45, 2.75) is 91.6 Å². The highest BCUT2D eigenvalue weighted by atomic mass is 16.5. The maximum Gasteiger partial charge on any atom is 0.342 e. The normalized spacial score (nSPS) is 41.5. The van der Waals surface area contributed by atoms with Crippen LogP contribution < -0.4 is 0 Å². The van der Waals surface area contributed by atoms with Crippen LogP contribution in [0, 0.1) is 28.1 Å². The second-order valence-corrected chi connectivity index (χ2v) is 11.4. The molecule has 5 nitrogen and oxygen atoms in total. The van der Waals surface area contributed by atoms with E-state index in [1.807, 2.05) is 13.8 Å². The lowest BCUT2D eigenvalue weighted by Crippen LogP contribution is -2.54. The van der Waals surface area contributed by atoms with Crippen LogP contribution in [0.4, 0.5) is 0 Å². The van der Waals surface area contributed by atoms with E-state index >= 15 is 0 Å². The molecule has 0 aliphatic heterocycles. The molecule has 5 aliphatic rings. The van der Waals surface area contributed by atoms with Crippen LogP contribution in [0.25, 0.3) is 0 Å². The summed E-state index contributed by atoms with van der Waals surface area (Å²) < 4.78 is 5.69. The Hall–Kier alpha value is -2.04. The lowest BCUT2D eigenvalue weighted by Gasteiger charge is -2.55. The van der Waals surface area contributed by atoms with Gasteiger partial charge in [0.1, 0.15) is 17.1 Å². The number of allylic oxidation sites excluding steroid dienone is 3. The third kappa shape index (κ3) is 2.57. The number of carbonyl (C=O) groups is 4. The van der Waals surface area contributed by atoms with E-state index in [4.69, 9.17) is 4.74 Å². The van der Waals surface area contributed by atoms with Crippen molar-refractivity contribution < 1.29 is 23.9 Å². The number of carbonyl (C=O) groups excluding carboxylic acids is 4. The van der Waals surface area contributed by atoms with Crippen LogP contribution in [-0.4, -0.2) is 29.4 Å². The molecule has 5 aliphatic carbocycles. The summed E-state index contributed by atoms with van der Waals surface area (Å²) in [5, 5.41) is 0. The summed E-state index contributed by atoms with van der Waals surface area (Å²) in [6, 6.07) is 0. The highest BCUT2D eigenvalue weighted by molar-refractivity contribution is 6.21. The van der Waals surface area contributed by atoms with E-state index in [0.29, 0.717) is 25.7 Å². The Bertz CT molecular complexity index is 1000. The summed E-state index contributed by atoms with van der Waals surface area (Å²) in [5.74, 6) is -0.907. The smallest absolute Gasteiger partial charge is 0.342 e. The fourth-order valence-electron chi connectivity index (χ4n) is 7.78. The minimum Gasteiger partial charge on any atom is -0.459 e. The summed E-state index contributed by atoms with van der Waals surface area (Å²) in [7, 11) is 0. The second-order valence-electron chi connectivity index (χ2n) is 11.4. The predicted molar refractivity (Wildman–Crippen MR) is 119 cm³/mol. The van der Waals surface area contributed by atoms with E-state index in [1.54, 1.807) is 0 Å². The largest absolute Gasteiger partial charge is 0.459 e. The van der Waals surface area contributed by atoms with Crippen molar-refractivity contribution in [1.82, 2.24) is 0 Å². The molecule has 0 saturated heterocycles. The molecule has 32 heavy (non-hydrogen) atoms. The Balaban J connectivity index is 1.72. The van der Waals surface area contributed by atoms with Gasteiger partial charge in [-0.25, -0.2) is 4.79 Å². The Kier molecular flexibility index (Phi) is 4.75. The predicted octanol–water partition coefficient (Wildman–Crippen LogP) is 4.68. The van der Waals surface area contributed by atoms with Gasteiger partial charge >= 0.3 is 5.97 Å². The third-order valence-electron chi connectivity index (χ3n) is 9.96. The number of hydrogen-bond acceptors (Lipinski definition) is 5. The Morgan fingerprint density at radius 1 is 1.12 bits per heavy atom. The van der Waals surface area contributed by atoms with Gasteiger partial charge in [0.2, 0.25) is 0 Å². The molecule has 5 heteroatoms. The number of ketones is 3. The molecule has 0 amide bonds. The maximum atomic E-state index is 13.9. The first-order valence-electron chi connectivity index (χ1n) is 12.3. The molecule has 3 saturated carbocycles. The number of rotatable bonds is 3. The average molecular weight is 439 g/mol. The number of Topliss-reactive ketones (excluding diaryl/α,β-unsaturated/α-hetero) is 3. The number of esters is 1. The average Bonchev–Trinajstić information content (AvgIpc) is 3.19. The van der Waals surface area contributed by atoms with E-state index in [2.05, 4.69) is 19.9 Å². The van der Waals surface area contributed by atoms with Gasteiger partial charge in [-0.1, -0.05) is 26.8 Å². The zero-order valence-corrected chi connectivity index (χ0v) is 19.7. The van der Waals surface area contributed by atoms with Gasteiger partial charge in [-0.3, -0.25) is 14.4 Å². The standard InChI is InChI=1S/C27H34O5/c1-5-15(2)32-24(31)22-21-17(26(4)12-6-16(28)14-19(26)23(22)30)8-13-27-18(21)7-10-25(27,3)11-9-20(27)29/h7,15,17,19H,5-6,8-14H2,1-4H3/t15?,17?,19?,25-,26?,27?/m0/s1. The first-order valence-corrected chi connectivity index (χ1v) is 12.3. The SMILES string of the molecule is CCC(C)OC(=O)C1=C2C3=CC[C@@]4(C)CCC(=O)C34CCC2C2(C)CCC(=O)CC2C1=O. The van der Waals surface area contributed by atoms with Gasteiger partial charge in [-0.05, 0) is 73.3 Å². The van der Waals surface area contributed by atoms with E-state index in [1.165, 1.54) is 0 Å². The lowest BCUT2D eigenvalue weighted by molar-refractivity contribution is -0.149. The zero-order valence-electron chi connectivity index (χ0n) is 19.7. The van der Waals surface area contributed by atoms with Crippen LogP contribution in [0.2, 0.25) is 0 Å². The highest BCUT2D eigenvalue weighted by Crippen LogP contribution is 2.71. The monoisotopic (exact) mass is 438 g/mol. The van der Waals surface area contributed by atoms with Gasteiger partial charge in [0.25, 0.3) is 0 Å². The quantitative estimate of drug-likeness (QED) is 0.472. The van der Waals surface area contributed by atoms with Crippen molar-refractivity contribution in [3.63, 3.8) is 0 Å². The molecular weight excluding hydrogens is 404 g/mol. The fraction of sp³-hybridized carbons (Fsp3) is 0.704. The number of fused-ring (bicyclic) bond motifs is 4. The molecule has 0 radical (unpaired) electrons. The molecule has 1 spiro atoms. The van der Waals surface area contributed by atoms with E-state index in [0.717, 1.165) is 36.8 Å². The van der Waals surface area contributed by atoms with E-state index < -0.39 is 17.3 Å². The lowest BCUT2D eigenvalue weighted by atomic mass is 9.46. The van der Waals surface area contributed by atoms with Gasteiger partial charge < -0.3 is 4.74 Å². The second kappa shape index (κ2) is 6.98. The molecule has 3 fully saturated rings. The molecule has 172 valence electrons. The van der Waals surface area contributed by atoms with Crippen LogP contribution in [0.5, 0.6) is 0 Å². The minimum atomic E-state index is -0.575. The summed E-state index contributed by atoms with van der Waals surface area (Å²) in [4.78, 5) is 53.0. The summed E-state index contributed by atoms with van der Waals surface area (Å²) in [5.41, 5.74) is 0.813. The molecule has 0 aromatic rings. The Morgan fingerprint density at radius 2 is 1.88 bits per heavy atom. The first-order chi connectivity index (χ1) is 15.1. The van der Waals surface area contributed by atoms with Crippen molar-refractivity contribution in [3.05, 3.63) is 22.8 Å². The molecular formula is C27H34O5. The van der Waals surface area contributed by atoms with E-state index in [9.17, 15) is 19.2 Å². The molecule has 0 bridgehead atoms. The molecule has 0 aromatic heterocycles. The molecule has 5 rings (SSSR count). The van der Waals surface area contributed by atoms with Crippen molar-refractivity contribution in [2.24, 2.45) is 28.1 Å². The van der Waals surface area contributed by atoms with Crippen molar-refractivity contribution in [2.75, 3.05) is 0 Å². The van der Waals surface area contributed by atoms with Crippen LogP contribution in [0.15, 0.2) is 22.8 Å². The van der Waals surface area contributed by atoms with Gasteiger partial charge in [0.15, 0.2) is 5.78 Å². The maximum absolute atomic E-state index is 13.9. The highest BCUT2D eigenvalue weighted by Gasteiger charge is 2.67. The van der Waals surface area contributed by atoms with Crippen molar-refractivity contribution in [3.8, 4) is 0 Å². The van der Waals surface area contributed by atoms with Crippen LogP contribution in [0.1, 0.15) is 85.5 Å². The first kappa shape index (κ1) is 21.8. The number of ether oxygens (including phenoxy) is 1. The summed E-state index contributed by atoms with van der Waals surface area (Å²) in [6.45, 7) is 8.10. The molecule has 6 atom stereocenters. The van der Waals surface area contributed by atoms with Crippen molar-refractivity contribution >= 4 is 23.3 Å². The molecule has 0 heterocycles. The van der Waals surface area contributed by atoms with Crippen molar-refractivity contribution in [1.29, 1.82) is 0 Å². The Labute approximate surface area is 190 Å².